The summed E-state index contributed by atoms with van der Waals surface area (Å²) in [6.45, 7) is 0. The molecule has 3 rings (SSSR count). The Labute approximate surface area is 136 Å². The van der Waals surface area contributed by atoms with Crippen LogP contribution < -0.4 is 10.5 Å². The number of ether oxygens (including phenoxy) is 1. The van der Waals surface area contributed by atoms with Crippen LogP contribution in [0.3, 0.4) is 0 Å². The van der Waals surface area contributed by atoms with Crippen molar-refractivity contribution < 1.29 is 13.5 Å². The molecule has 3 aromatic rings. The fraction of sp³-hybridized carbons (Fsp3) is 0. The number of anilines is 1. The molecule has 2 aromatic carbocycles. The number of nitrogens with zero attached hydrogens (tertiary/aromatic N) is 2. The lowest BCUT2D eigenvalue weighted by molar-refractivity contribution is 0.477. The number of nitriles is 1. The molecule has 0 atom stereocenters. The maximum Gasteiger partial charge on any atom is 0.248 e. The first-order valence-electron chi connectivity index (χ1n) is 6.96. The summed E-state index contributed by atoms with van der Waals surface area (Å²) in [6, 6.07) is 14.4. The number of hydrogen-bond donors (Lipinski definition) is 1. The Hall–Kier alpha value is -3.46. The topological polar surface area (TPSA) is 71.9 Å². The third-order valence-corrected chi connectivity index (χ3v) is 3.30. The van der Waals surface area contributed by atoms with Crippen LogP contribution in [0.1, 0.15) is 5.56 Å². The molecule has 1 aromatic heterocycles. The minimum Gasteiger partial charge on any atom is -0.457 e. The maximum atomic E-state index is 13.5. The highest BCUT2D eigenvalue weighted by Gasteiger charge is 2.12. The lowest BCUT2D eigenvalue weighted by Gasteiger charge is -2.12. The van der Waals surface area contributed by atoms with Crippen LogP contribution in [0.4, 0.5) is 14.5 Å². The Balaban J connectivity index is 2.05. The Morgan fingerprint density at radius 1 is 1.08 bits per heavy atom. The van der Waals surface area contributed by atoms with E-state index in [1.807, 2.05) is 6.07 Å². The monoisotopic (exact) mass is 323 g/mol. The van der Waals surface area contributed by atoms with Crippen molar-refractivity contribution in [2.75, 3.05) is 5.73 Å². The number of nitrogens with two attached hydrogens (primary N) is 1. The third kappa shape index (κ3) is 3.15. The Kier molecular flexibility index (Phi) is 4.08. The smallest absolute Gasteiger partial charge is 0.248 e. The van der Waals surface area contributed by atoms with E-state index in [1.54, 1.807) is 42.5 Å². The number of rotatable bonds is 3. The quantitative estimate of drug-likeness (QED) is 0.577. The van der Waals surface area contributed by atoms with Gasteiger partial charge in [-0.2, -0.15) is 9.65 Å². The molecule has 0 fully saturated rings. The fourth-order valence-corrected chi connectivity index (χ4v) is 2.19. The molecule has 0 radical (unpaired) electrons. The van der Waals surface area contributed by atoms with E-state index in [0.29, 0.717) is 33.9 Å². The highest BCUT2D eigenvalue weighted by atomic mass is 19.2. The van der Waals surface area contributed by atoms with Crippen LogP contribution in [-0.4, -0.2) is 4.98 Å². The number of hydrogen-bond acceptors (Lipinski definition) is 4. The largest absolute Gasteiger partial charge is 0.457 e. The van der Waals surface area contributed by atoms with Crippen molar-refractivity contribution in [3.05, 3.63) is 72.1 Å². The van der Waals surface area contributed by atoms with E-state index in [4.69, 9.17) is 15.7 Å². The molecule has 6 heteroatoms. The van der Waals surface area contributed by atoms with Gasteiger partial charge in [0.15, 0.2) is 5.82 Å². The molecule has 0 saturated heterocycles. The predicted octanol–water partition coefficient (Wildman–Crippen LogP) is 4.27. The minimum absolute atomic E-state index is 0.345. The van der Waals surface area contributed by atoms with Gasteiger partial charge in [0.2, 0.25) is 5.95 Å². The van der Waals surface area contributed by atoms with Crippen molar-refractivity contribution in [1.29, 1.82) is 5.26 Å². The van der Waals surface area contributed by atoms with Gasteiger partial charge in [-0.15, -0.1) is 0 Å². The molecule has 0 saturated carbocycles. The molecule has 0 aliphatic heterocycles. The van der Waals surface area contributed by atoms with Gasteiger partial charge in [-0.1, -0.05) is 6.07 Å². The summed E-state index contributed by atoms with van der Waals surface area (Å²) >= 11 is 0. The van der Waals surface area contributed by atoms with E-state index in [2.05, 4.69) is 4.98 Å². The van der Waals surface area contributed by atoms with Crippen LogP contribution in [0.15, 0.2) is 54.7 Å². The average molecular weight is 323 g/mol. The van der Waals surface area contributed by atoms with Crippen LogP contribution in [-0.2, 0) is 0 Å². The van der Waals surface area contributed by atoms with Crippen molar-refractivity contribution in [3.8, 4) is 28.7 Å². The highest BCUT2D eigenvalue weighted by Crippen LogP contribution is 2.35. The number of nitrogen functional groups attached to an aromatic ring is 1. The SMILES string of the molecule is N#Cc1cccc(Oc2cc(N)ccc2-c2cnc(F)c(F)c2)c1. The lowest BCUT2D eigenvalue weighted by Crippen LogP contribution is -1.95. The summed E-state index contributed by atoms with van der Waals surface area (Å²) < 4.78 is 32.3. The van der Waals surface area contributed by atoms with Gasteiger partial charge in [-0.3, -0.25) is 0 Å². The number of benzene rings is 2. The van der Waals surface area contributed by atoms with Crippen LogP contribution >= 0.6 is 0 Å². The standard InChI is InChI=1S/C18H11F2N3O/c19-16-7-12(10-23-18(16)20)15-5-4-13(22)8-17(15)24-14-3-1-2-11(6-14)9-21/h1-8,10H,22H2. The maximum absolute atomic E-state index is 13.5. The molecule has 0 spiro atoms. The predicted molar refractivity (Wildman–Crippen MR) is 85.2 cm³/mol. The zero-order valence-electron chi connectivity index (χ0n) is 12.3. The molecule has 2 N–H and O–H groups in total. The first-order chi connectivity index (χ1) is 11.6. The summed E-state index contributed by atoms with van der Waals surface area (Å²) in [5.74, 6) is -1.45. The summed E-state index contributed by atoms with van der Waals surface area (Å²) in [4.78, 5) is 3.38. The normalized spacial score (nSPS) is 10.2. The van der Waals surface area contributed by atoms with Gasteiger partial charge in [0.05, 0.1) is 11.6 Å². The second-order valence-electron chi connectivity index (χ2n) is 4.99. The Morgan fingerprint density at radius 3 is 2.67 bits per heavy atom. The minimum atomic E-state index is -1.17. The molecule has 0 bridgehead atoms. The van der Waals surface area contributed by atoms with Crippen molar-refractivity contribution in [2.45, 2.75) is 0 Å². The molecule has 0 aliphatic carbocycles. The summed E-state index contributed by atoms with van der Waals surface area (Å²) in [7, 11) is 0. The summed E-state index contributed by atoms with van der Waals surface area (Å²) in [5.41, 5.74) is 7.52. The van der Waals surface area contributed by atoms with Gasteiger partial charge in [0.1, 0.15) is 11.5 Å². The third-order valence-electron chi connectivity index (χ3n) is 3.30. The van der Waals surface area contributed by atoms with Gasteiger partial charge in [0.25, 0.3) is 0 Å². The molecule has 0 amide bonds. The zero-order valence-corrected chi connectivity index (χ0v) is 12.3. The van der Waals surface area contributed by atoms with Gasteiger partial charge in [-0.05, 0) is 36.4 Å². The molecule has 118 valence electrons. The van der Waals surface area contributed by atoms with Crippen molar-refractivity contribution >= 4 is 5.69 Å². The van der Waals surface area contributed by atoms with Crippen LogP contribution in [0, 0.1) is 23.1 Å². The number of halogens is 2. The van der Waals surface area contributed by atoms with E-state index in [-0.39, 0.29) is 0 Å². The number of aromatic nitrogens is 1. The number of pyridine rings is 1. The van der Waals surface area contributed by atoms with E-state index in [9.17, 15) is 8.78 Å². The van der Waals surface area contributed by atoms with Gasteiger partial charge >= 0.3 is 0 Å². The fourth-order valence-electron chi connectivity index (χ4n) is 2.19. The van der Waals surface area contributed by atoms with Crippen molar-refractivity contribution in [1.82, 2.24) is 4.98 Å². The molecular weight excluding hydrogens is 312 g/mol. The first kappa shape index (κ1) is 15.4. The Morgan fingerprint density at radius 2 is 1.92 bits per heavy atom. The van der Waals surface area contributed by atoms with Crippen molar-refractivity contribution in [3.63, 3.8) is 0 Å². The highest BCUT2D eigenvalue weighted by molar-refractivity contribution is 5.73. The zero-order chi connectivity index (χ0) is 17.1. The van der Waals surface area contributed by atoms with E-state index in [0.717, 1.165) is 6.07 Å². The van der Waals surface area contributed by atoms with Gasteiger partial charge in [0, 0.05) is 29.1 Å². The second kappa shape index (κ2) is 6.34. The van der Waals surface area contributed by atoms with E-state index >= 15 is 0 Å². The summed E-state index contributed by atoms with van der Waals surface area (Å²) in [5, 5.41) is 8.95. The molecule has 1 heterocycles. The van der Waals surface area contributed by atoms with Gasteiger partial charge < -0.3 is 10.5 Å². The molecule has 0 aliphatic rings. The summed E-state index contributed by atoms with van der Waals surface area (Å²) in [6.07, 6.45) is 1.21. The lowest BCUT2D eigenvalue weighted by atomic mass is 10.1. The van der Waals surface area contributed by atoms with Crippen LogP contribution in [0.25, 0.3) is 11.1 Å². The van der Waals surface area contributed by atoms with Crippen LogP contribution in [0.5, 0.6) is 11.5 Å². The van der Waals surface area contributed by atoms with Crippen LogP contribution in [0.2, 0.25) is 0 Å². The average Bonchev–Trinajstić information content (AvgIpc) is 2.58. The van der Waals surface area contributed by atoms with E-state index < -0.39 is 11.8 Å². The molecule has 4 nitrogen and oxygen atoms in total. The van der Waals surface area contributed by atoms with Crippen molar-refractivity contribution in [2.24, 2.45) is 0 Å². The molecular formula is C18H11F2N3O. The first-order valence-corrected chi connectivity index (χ1v) is 6.96. The molecule has 0 unspecified atom stereocenters. The Bertz CT molecular complexity index is 951. The van der Waals surface area contributed by atoms with E-state index in [1.165, 1.54) is 6.20 Å². The molecule has 24 heavy (non-hydrogen) atoms. The second-order valence-corrected chi connectivity index (χ2v) is 4.99. The van der Waals surface area contributed by atoms with Gasteiger partial charge in [-0.25, -0.2) is 9.37 Å².